The van der Waals surface area contributed by atoms with Gasteiger partial charge >= 0.3 is 0 Å². The van der Waals surface area contributed by atoms with Crippen molar-refractivity contribution in [3.05, 3.63) is 28.2 Å². The van der Waals surface area contributed by atoms with E-state index >= 15 is 0 Å². The van der Waals surface area contributed by atoms with Crippen molar-refractivity contribution in [2.45, 2.75) is 44.8 Å². The Hall–Kier alpha value is -0.580. The summed E-state index contributed by atoms with van der Waals surface area (Å²) in [6.45, 7) is 6.43. The van der Waals surface area contributed by atoms with Crippen LogP contribution in [-0.2, 0) is 6.42 Å². The molecule has 1 aromatic carbocycles. The molecule has 0 radical (unpaired) electrons. The largest absolute Gasteiger partial charge is 0.496 e. The van der Waals surface area contributed by atoms with Crippen LogP contribution in [0, 0.1) is 0 Å². The summed E-state index contributed by atoms with van der Waals surface area (Å²) in [5.74, 6) is 0.837. The van der Waals surface area contributed by atoms with Crippen molar-refractivity contribution in [1.29, 1.82) is 0 Å². The van der Waals surface area contributed by atoms with E-state index in [9.17, 15) is 5.11 Å². The highest BCUT2D eigenvalue weighted by molar-refractivity contribution is 9.10. The maximum Gasteiger partial charge on any atom is 0.122 e. The van der Waals surface area contributed by atoms with Gasteiger partial charge in [-0.25, -0.2) is 0 Å². The van der Waals surface area contributed by atoms with E-state index < -0.39 is 6.10 Å². The van der Waals surface area contributed by atoms with Gasteiger partial charge in [-0.15, -0.1) is 0 Å². The maximum atomic E-state index is 10.7. The number of likely N-dealkylation sites (tertiary alicyclic amines) is 1. The van der Waals surface area contributed by atoms with E-state index in [1.165, 1.54) is 12.8 Å². The molecule has 1 aliphatic heterocycles. The highest BCUT2D eigenvalue weighted by atomic mass is 79.9. The first-order valence-corrected chi connectivity index (χ1v) is 8.00. The number of aliphatic hydroxyl groups is 1. The summed E-state index contributed by atoms with van der Waals surface area (Å²) in [5.41, 5.74) is 0.839. The van der Waals surface area contributed by atoms with Crippen LogP contribution in [0.4, 0.5) is 0 Å². The molecule has 2 rings (SSSR count). The lowest BCUT2D eigenvalue weighted by Crippen LogP contribution is -2.51. The first kappa shape index (κ1) is 15.8. The Labute approximate surface area is 130 Å². The number of methoxy groups -OCH3 is 1. The molecule has 1 aromatic rings. The standard InChI is InChI=1S/C16H24BrNO2/c1-16(2,18-8-4-5-9-18)15(19)11-12-10-13(17)6-7-14(12)20-3/h6-7,10,15,19H,4-5,8-9,11H2,1-3H3. The zero-order chi connectivity index (χ0) is 14.8. The van der Waals surface area contributed by atoms with Crippen molar-refractivity contribution >= 4 is 15.9 Å². The fraction of sp³-hybridized carbons (Fsp3) is 0.625. The zero-order valence-corrected chi connectivity index (χ0v) is 14.1. The van der Waals surface area contributed by atoms with Crippen LogP contribution in [0.5, 0.6) is 5.75 Å². The molecule has 1 fully saturated rings. The Morgan fingerprint density at radius 2 is 2.00 bits per heavy atom. The van der Waals surface area contributed by atoms with Gasteiger partial charge in [0.1, 0.15) is 5.75 Å². The Morgan fingerprint density at radius 3 is 2.60 bits per heavy atom. The van der Waals surface area contributed by atoms with Crippen molar-refractivity contribution in [2.75, 3.05) is 20.2 Å². The van der Waals surface area contributed by atoms with Gasteiger partial charge in [0.2, 0.25) is 0 Å². The molecule has 0 aromatic heterocycles. The number of aliphatic hydroxyl groups excluding tert-OH is 1. The summed E-state index contributed by atoms with van der Waals surface area (Å²) in [7, 11) is 1.67. The third kappa shape index (κ3) is 3.35. The average molecular weight is 342 g/mol. The monoisotopic (exact) mass is 341 g/mol. The normalized spacial score (nSPS) is 18.2. The molecule has 20 heavy (non-hydrogen) atoms. The van der Waals surface area contributed by atoms with Gasteiger partial charge in [-0.3, -0.25) is 4.90 Å². The topological polar surface area (TPSA) is 32.7 Å². The molecule has 0 spiro atoms. The molecule has 0 saturated carbocycles. The molecule has 112 valence electrons. The Bertz CT molecular complexity index is 456. The molecule has 1 saturated heterocycles. The number of halogens is 1. The molecule has 1 N–H and O–H groups in total. The van der Waals surface area contributed by atoms with Crippen molar-refractivity contribution in [3.63, 3.8) is 0 Å². The van der Waals surface area contributed by atoms with Crippen LogP contribution in [-0.4, -0.2) is 41.8 Å². The second-order valence-electron chi connectivity index (χ2n) is 6.02. The Morgan fingerprint density at radius 1 is 1.35 bits per heavy atom. The second kappa shape index (κ2) is 6.46. The Balaban J connectivity index is 2.14. The second-order valence-corrected chi connectivity index (χ2v) is 6.94. The van der Waals surface area contributed by atoms with Crippen molar-refractivity contribution in [3.8, 4) is 5.75 Å². The molecular weight excluding hydrogens is 318 g/mol. The minimum Gasteiger partial charge on any atom is -0.496 e. The maximum absolute atomic E-state index is 10.7. The average Bonchev–Trinajstić information content (AvgIpc) is 2.93. The third-order valence-corrected chi connectivity index (χ3v) is 4.89. The van der Waals surface area contributed by atoms with Gasteiger partial charge in [0.25, 0.3) is 0 Å². The first-order valence-electron chi connectivity index (χ1n) is 7.20. The minimum absolute atomic E-state index is 0.205. The van der Waals surface area contributed by atoms with E-state index in [2.05, 4.69) is 34.7 Å². The smallest absolute Gasteiger partial charge is 0.122 e. The van der Waals surface area contributed by atoms with Crippen LogP contribution in [0.15, 0.2) is 22.7 Å². The van der Waals surface area contributed by atoms with Crippen molar-refractivity contribution < 1.29 is 9.84 Å². The van der Waals surface area contributed by atoms with E-state index in [1.807, 2.05) is 18.2 Å². The van der Waals surface area contributed by atoms with Crippen molar-refractivity contribution in [1.82, 2.24) is 4.90 Å². The highest BCUT2D eigenvalue weighted by Crippen LogP contribution is 2.30. The molecule has 0 amide bonds. The van der Waals surface area contributed by atoms with Crippen LogP contribution in [0.3, 0.4) is 0 Å². The van der Waals surface area contributed by atoms with Crippen LogP contribution in [0.25, 0.3) is 0 Å². The van der Waals surface area contributed by atoms with Gasteiger partial charge in [0, 0.05) is 16.4 Å². The van der Waals surface area contributed by atoms with Crippen LogP contribution >= 0.6 is 15.9 Å². The van der Waals surface area contributed by atoms with E-state index in [-0.39, 0.29) is 5.54 Å². The number of rotatable bonds is 5. The van der Waals surface area contributed by atoms with E-state index in [1.54, 1.807) is 7.11 Å². The number of ether oxygens (including phenoxy) is 1. The molecule has 4 heteroatoms. The minimum atomic E-state index is -0.413. The molecule has 3 nitrogen and oxygen atoms in total. The lowest BCUT2D eigenvalue weighted by molar-refractivity contribution is 0.00310. The van der Waals surface area contributed by atoms with Gasteiger partial charge in [-0.05, 0) is 63.5 Å². The molecule has 1 atom stereocenters. The third-order valence-electron chi connectivity index (χ3n) is 4.39. The lowest BCUT2D eigenvalue weighted by Gasteiger charge is -2.39. The first-order chi connectivity index (χ1) is 9.45. The molecular formula is C16H24BrNO2. The van der Waals surface area contributed by atoms with Gasteiger partial charge in [0.05, 0.1) is 13.2 Å². The zero-order valence-electron chi connectivity index (χ0n) is 12.5. The summed E-state index contributed by atoms with van der Waals surface area (Å²) >= 11 is 3.48. The predicted octanol–water partition coefficient (Wildman–Crippen LogP) is 3.24. The van der Waals surface area contributed by atoms with Crippen LogP contribution in [0.1, 0.15) is 32.3 Å². The fourth-order valence-corrected chi connectivity index (χ4v) is 3.28. The summed E-state index contributed by atoms with van der Waals surface area (Å²) in [5, 5.41) is 10.7. The summed E-state index contributed by atoms with van der Waals surface area (Å²) in [4.78, 5) is 2.39. The number of benzene rings is 1. The molecule has 1 aliphatic rings. The Kier molecular flexibility index (Phi) is 5.10. The van der Waals surface area contributed by atoms with Gasteiger partial charge in [-0.1, -0.05) is 15.9 Å². The van der Waals surface area contributed by atoms with Crippen LogP contribution in [0.2, 0.25) is 0 Å². The highest BCUT2D eigenvalue weighted by Gasteiger charge is 2.36. The number of nitrogens with zero attached hydrogens (tertiary/aromatic N) is 1. The van der Waals surface area contributed by atoms with E-state index in [0.29, 0.717) is 6.42 Å². The number of hydrogen-bond donors (Lipinski definition) is 1. The van der Waals surface area contributed by atoms with E-state index in [4.69, 9.17) is 4.74 Å². The molecule has 0 aliphatic carbocycles. The summed E-state index contributed by atoms with van der Waals surface area (Å²) < 4.78 is 6.41. The quantitative estimate of drug-likeness (QED) is 0.892. The van der Waals surface area contributed by atoms with Crippen molar-refractivity contribution in [2.24, 2.45) is 0 Å². The molecule has 1 unspecified atom stereocenters. The predicted molar refractivity (Wildman–Crippen MR) is 85.3 cm³/mol. The summed E-state index contributed by atoms with van der Waals surface area (Å²) in [6.07, 6.45) is 2.66. The summed E-state index contributed by atoms with van der Waals surface area (Å²) in [6, 6.07) is 5.93. The van der Waals surface area contributed by atoms with E-state index in [0.717, 1.165) is 28.9 Å². The lowest BCUT2D eigenvalue weighted by atomic mass is 9.90. The molecule has 1 heterocycles. The fourth-order valence-electron chi connectivity index (χ4n) is 2.87. The van der Waals surface area contributed by atoms with Gasteiger partial charge in [-0.2, -0.15) is 0 Å². The van der Waals surface area contributed by atoms with Gasteiger partial charge < -0.3 is 9.84 Å². The van der Waals surface area contributed by atoms with Crippen LogP contribution < -0.4 is 4.74 Å². The SMILES string of the molecule is COc1ccc(Br)cc1CC(O)C(C)(C)N1CCCC1. The van der Waals surface area contributed by atoms with Gasteiger partial charge in [0.15, 0.2) is 0 Å². The molecule has 0 bridgehead atoms. The number of hydrogen-bond acceptors (Lipinski definition) is 3.